The second kappa shape index (κ2) is 7.62. The number of benzene rings is 2. The van der Waals surface area contributed by atoms with E-state index in [-0.39, 0.29) is 30.2 Å². The molecule has 0 saturated carbocycles. The molecule has 1 aliphatic heterocycles. The predicted molar refractivity (Wildman–Crippen MR) is 95.6 cm³/mol. The summed E-state index contributed by atoms with van der Waals surface area (Å²) >= 11 is 0. The van der Waals surface area contributed by atoms with Gasteiger partial charge in [-0.2, -0.15) is 0 Å². The van der Waals surface area contributed by atoms with E-state index >= 15 is 0 Å². The van der Waals surface area contributed by atoms with Gasteiger partial charge in [-0.25, -0.2) is 0 Å². The van der Waals surface area contributed by atoms with Gasteiger partial charge in [0.1, 0.15) is 0 Å². The van der Waals surface area contributed by atoms with Crippen LogP contribution in [0, 0.1) is 5.92 Å². The Morgan fingerprint density at radius 2 is 1.83 bits per heavy atom. The van der Waals surface area contributed by atoms with Crippen molar-refractivity contribution in [1.29, 1.82) is 0 Å². The Morgan fingerprint density at radius 1 is 1.17 bits per heavy atom. The van der Waals surface area contributed by atoms with Crippen LogP contribution < -0.4 is 5.73 Å². The van der Waals surface area contributed by atoms with Gasteiger partial charge in [0.2, 0.25) is 5.91 Å². The Bertz CT molecular complexity index is 659. The van der Waals surface area contributed by atoms with Crippen molar-refractivity contribution in [3.8, 4) is 0 Å². The maximum atomic E-state index is 12.6. The number of hydrogen-bond acceptors (Lipinski definition) is 2. The van der Waals surface area contributed by atoms with Crippen LogP contribution in [-0.2, 0) is 11.3 Å². The molecule has 0 bridgehead atoms. The summed E-state index contributed by atoms with van der Waals surface area (Å²) < 4.78 is 0. The van der Waals surface area contributed by atoms with Gasteiger partial charge in [-0.1, -0.05) is 61.5 Å². The number of carbonyl (C=O) groups is 1. The van der Waals surface area contributed by atoms with Crippen LogP contribution in [0.15, 0.2) is 54.6 Å². The molecule has 0 fully saturated rings. The Labute approximate surface area is 143 Å². The molecule has 3 nitrogen and oxygen atoms in total. The summed E-state index contributed by atoms with van der Waals surface area (Å²) in [6, 6.07) is 18.8. The molecular weight excluding hydrogens is 308 g/mol. The molecule has 0 saturated heterocycles. The molecule has 1 heterocycles. The quantitative estimate of drug-likeness (QED) is 0.939. The minimum Gasteiger partial charge on any atom is -0.337 e. The number of rotatable bonds is 3. The third kappa shape index (κ3) is 3.57. The topological polar surface area (TPSA) is 46.3 Å². The fraction of sp³-hybridized carbons (Fsp3) is 0.316. The number of carbonyl (C=O) groups excluding carboxylic acids is 1. The van der Waals surface area contributed by atoms with E-state index in [4.69, 9.17) is 5.73 Å². The summed E-state index contributed by atoms with van der Waals surface area (Å²) in [7, 11) is 0. The Morgan fingerprint density at radius 3 is 2.52 bits per heavy atom. The summed E-state index contributed by atoms with van der Waals surface area (Å²) in [4.78, 5) is 14.5. The van der Waals surface area contributed by atoms with Crippen LogP contribution >= 0.6 is 12.4 Å². The highest BCUT2D eigenvalue weighted by Gasteiger charge is 2.30. The third-order valence-electron chi connectivity index (χ3n) is 4.48. The summed E-state index contributed by atoms with van der Waals surface area (Å²) in [5, 5.41) is 0. The lowest BCUT2D eigenvalue weighted by atomic mass is 9.84. The molecule has 2 atom stereocenters. The van der Waals surface area contributed by atoms with E-state index in [9.17, 15) is 4.79 Å². The molecule has 0 spiro atoms. The van der Waals surface area contributed by atoms with E-state index in [1.54, 1.807) is 0 Å². The van der Waals surface area contributed by atoms with Gasteiger partial charge in [0.15, 0.2) is 0 Å². The fourth-order valence-corrected chi connectivity index (χ4v) is 3.16. The average molecular weight is 331 g/mol. The number of nitrogens with zero attached hydrogens (tertiary/aromatic N) is 1. The Hall–Kier alpha value is -1.84. The monoisotopic (exact) mass is 330 g/mol. The second-order valence-corrected chi connectivity index (χ2v) is 6.02. The largest absolute Gasteiger partial charge is 0.337 e. The van der Waals surface area contributed by atoms with Gasteiger partial charge in [0.25, 0.3) is 0 Å². The first kappa shape index (κ1) is 17.5. The smallest absolute Gasteiger partial charge is 0.227 e. The van der Waals surface area contributed by atoms with E-state index in [2.05, 4.69) is 42.5 Å². The van der Waals surface area contributed by atoms with E-state index < -0.39 is 0 Å². The van der Waals surface area contributed by atoms with Crippen molar-refractivity contribution < 1.29 is 4.79 Å². The molecule has 0 aromatic heterocycles. The molecule has 1 aliphatic rings. The molecule has 1 amide bonds. The molecule has 0 aliphatic carbocycles. The SMILES string of the molecule is CC(CN)C(=O)N1Cc2ccccc2C(c2ccccc2)C1.Cl. The van der Waals surface area contributed by atoms with Crippen molar-refractivity contribution >= 4 is 18.3 Å². The normalized spacial score (nSPS) is 17.8. The maximum absolute atomic E-state index is 12.6. The van der Waals surface area contributed by atoms with Crippen LogP contribution in [0.1, 0.15) is 29.5 Å². The summed E-state index contributed by atoms with van der Waals surface area (Å²) in [5.41, 5.74) is 9.50. The lowest BCUT2D eigenvalue weighted by molar-refractivity contribution is -0.135. The lowest BCUT2D eigenvalue weighted by Gasteiger charge is -2.36. The first-order valence-electron chi connectivity index (χ1n) is 7.82. The van der Waals surface area contributed by atoms with Gasteiger partial charge in [0.05, 0.1) is 0 Å². The van der Waals surface area contributed by atoms with Gasteiger partial charge in [-0.15, -0.1) is 12.4 Å². The van der Waals surface area contributed by atoms with E-state index in [0.29, 0.717) is 13.1 Å². The summed E-state index contributed by atoms with van der Waals surface area (Å²) in [5.74, 6) is 0.264. The van der Waals surface area contributed by atoms with Crippen LogP contribution in [0.3, 0.4) is 0 Å². The van der Waals surface area contributed by atoms with Gasteiger partial charge in [0, 0.05) is 31.5 Å². The van der Waals surface area contributed by atoms with Crippen LogP contribution in [0.2, 0.25) is 0 Å². The minimum absolute atomic E-state index is 0. The van der Waals surface area contributed by atoms with E-state index in [1.807, 2.05) is 24.0 Å². The van der Waals surface area contributed by atoms with Crippen LogP contribution in [0.4, 0.5) is 0 Å². The van der Waals surface area contributed by atoms with Crippen LogP contribution in [0.25, 0.3) is 0 Å². The van der Waals surface area contributed by atoms with Gasteiger partial charge in [-0.05, 0) is 16.7 Å². The summed E-state index contributed by atoms with van der Waals surface area (Å²) in [6.07, 6.45) is 0. The van der Waals surface area contributed by atoms with E-state index in [1.165, 1.54) is 16.7 Å². The molecule has 0 radical (unpaired) electrons. The number of amides is 1. The molecule has 23 heavy (non-hydrogen) atoms. The van der Waals surface area contributed by atoms with Gasteiger partial charge >= 0.3 is 0 Å². The second-order valence-electron chi connectivity index (χ2n) is 6.02. The molecule has 2 unspecified atom stereocenters. The number of nitrogens with two attached hydrogens (primary N) is 1. The van der Waals surface area contributed by atoms with Gasteiger partial charge in [-0.3, -0.25) is 4.79 Å². The van der Waals surface area contributed by atoms with Gasteiger partial charge < -0.3 is 10.6 Å². The number of hydrogen-bond donors (Lipinski definition) is 1. The fourth-order valence-electron chi connectivity index (χ4n) is 3.16. The zero-order valence-electron chi connectivity index (χ0n) is 13.3. The number of fused-ring (bicyclic) bond motifs is 1. The third-order valence-corrected chi connectivity index (χ3v) is 4.48. The average Bonchev–Trinajstić information content (AvgIpc) is 2.60. The molecule has 122 valence electrons. The van der Waals surface area contributed by atoms with Crippen molar-refractivity contribution in [2.45, 2.75) is 19.4 Å². The molecule has 3 rings (SSSR count). The van der Waals surface area contributed by atoms with Crippen LogP contribution in [-0.4, -0.2) is 23.9 Å². The highest BCUT2D eigenvalue weighted by Crippen LogP contribution is 2.33. The molecular formula is C19H23ClN2O. The van der Waals surface area contributed by atoms with Crippen molar-refractivity contribution in [1.82, 2.24) is 4.90 Å². The minimum atomic E-state index is -0.123. The zero-order chi connectivity index (χ0) is 15.5. The Balaban J connectivity index is 0.00000192. The zero-order valence-corrected chi connectivity index (χ0v) is 14.1. The Kier molecular flexibility index (Phi) is 5.80. The summed E-state index contributed by atoms with van der Waals surface area (Å²) in [6.45, 7) is 3.71. The van der Waals surface area contributed by atoms with Crippen molar-refractivity contribution in [3.05, 3.63) is 71.3 Å². The van der Waals surface area contributed by atoms with Crippen LogP contribution in [0.5, 0.6) is 0 Å². The first-order chi connectivity index (χ1) is 10.7. The standard InChI is InChI=1S/C19H22N2O.ClH/c1-14(11-20)19(22)21-12-16-9-5-6-10-17(16)18(13-21)15-7-3-2-4-8-15;/h2-10,14,18H,11-13,20H2,1H3;1H. The van der Waals surface area contributed by atoms with E-state index in [0.717, 1.165) is 6.54 Å². The highest BCUT2D eigenvalue weighted by molar-refractivity contribution is 5.85. The highest BCUT2D eigenvalue weighted by atomic mass is 35.5. The molecule has 4 heteroatoms. The number of halogens is 1. The predicted octanol–water partition coefficient (Wildman–Crippen LogP) is 3.18. The van der Waals surface area contributed by atoms with Crippen molar-refractivity contribution in [2.75, 3.05) is 13.1 Å². The lowest BCUT2D eigenvalue weighted by Crippen LogP contribution is -2.42. The molecule has 2 aromatic carbocycles. The van der Waals surface area contributed by atoms with Crippen molar-refractivity contribution in [2.24, 2.45) is 11.7 Å². The molecule has 2 N–H and O–H groups in total. The molecule has 2 aromatic rings. The first-order valence-corrected chi connectivity index (χ1v) is 7.82. The van der Waals surface area contributed by atoms with Crippen molar-refractivity contribution in [3.63, 3.8) is 0 Å². The maximum Gasteiger partial charge on any atom is 0.227 e.